The first-order valence-corrected chi connectivity index (χ1v) is 5.32. The molecule has 1 aliphatic rings. The fraction of sp³-hybridized carbons (Fsp3) is 1.00. The smallest absolute Gasteiger partial charge is 0.00314 e. The number of alkyl halides is 1. The summed E-state index contributed by atoms with van der Waals surface area (Å²) in [6, 6.07) is 0. The van der Waals surface area contributed by atoms with Gasteiger partial charge in [-0.25, -0.2) is 0 Å². The van der Waals surface area contributed by atoms with E-state index in [0.29, 0.717) is 0 Å². The van der Waals surface area contributed by atoms with Crippen LogP contribution in [0.25, 0.3) is 0 Å². The van der Waals surface area contributed by atoms with Crippen molar-refractivity contribution < 1.29 is 0 Å². The van der Waals surface area contributed by atoms with Gasteiger partial charge in [0.2, 0.25) is 0 Å². The third-order valence-electron chi connectivity index (χ3n) is 2.14. The van der Waals surface area contributed by atoms with Gasteiger partial charge < -0.3 is 5.32 Å². The predicted molar refractivity (Wildman–Crippen MR) is 48.6 cm³/mol. The van der Waals surface area contributed by atoms with Crippen LogP contribution in [0.1, 0.15) is 25.7 Å². The second-order valence-electron chi connectivity index (χ2n) is 3.04. The molecule has 0 bridgehead atoms. The summed E-state index contributed by atoms with van der Waals surface area (Å²) in [5.74, 6) is 0.964. The van der Waals surface area contributed by atoms with E-state index in [1.54, 1.807) is 0 Å². The highest BCUT2D eigenvalue weighted by molar-refractivity contribution is 9.09. The van der Waals surface area contributed by atoms with Gasteiger partial charge in [0.1, 0.15) is 0 Å². The van der Waals surface area contributed by atoms with Crippen LogP contribution in [0, 0.1) is 5.92 Å². The SMILES string of the molecule is BrCCC[C@H]1CCCNC1. The van der Waals surface area contributed by atoms with Gasteiger partial charge in [-0.3, -0.25) is 0 Å². The maximum atomic E-state index is 3.46. The molecule has 60 valence electrons. The molecule has 0 aliphatic carbocycles. The molecule has 10 heavy (non-hydrogen) atoms. The van der Waals surface area contributed by atoms with Crippen LogP contribution in [0.4, 0.5) is 0 Å². The summed E-state index contributed by atoms with van der Waals surface area (Å²) in [7, 11) is 0. The summed E-state index contributed by atoms with van der Waals surface area (Å²) in [6.45, 7) is 2.50. The zero-order valence-corrected chi connectivity index (χ0v) is 7.99. The van der Waals surface area contributed by atoms with E-state index < -0.39 is 0 Å². The maximum Gasteiger partial charge on any atom is 0.00314 e. The van der Waals surface area contributed by atoms with Crippen molar-refractivity contribution in [2.45, 2.75) is 25.7 Å². The van der Waals surface area contributed by atoms with E-state index in [2.05, 4.69) is 21.2 Å². The number of halogens is 1. The van der Waals surface area contributed by atoms with Crippen molar-refractivity contribution in [1.29, 1.82) is 0 Å². The van der Waals surface area contributed by atoms with Crippen molar-refractivity contribution >= 4 is 15.9 Å². The molecular weight excluding hydrogens is 190 g/mol. The minimum absolute atomic E-state index is 0.964. The topological polar surface area (TPSA) is 12.0 Å². The summed E-state index contributed by atoms with van der Waals surface area (Å²) in [5, 5.41) is 4.60. The summed E-state index contributed by atoms with van der Waals surface area (Å²) in [6.07, 6.45) is 5.57. The molecule has 0 aromatic rings. The largest absolute Gasteiger partial charge is 0.316 e. The van der Waals surface area contributed by atoms with Gasteiger partial charge >= 0.3 is 0 Å². The van der Waals surface area contributed by atoms with Crippen molar-refractivity contribution in [3.63, 3.8) is 0 Å². The highest BCUT2D eigenvalue weighted by Crippen LogP contribution is 2.15. The average molecular weight is 206 g/mol. The lowest BCUT2D eigenvalue weighted by molar-refractivity contribution is 0.356. The molecule has 0 aromatic heterocycles. The Morgan fingerprint density at radius 2 is 2.40 bits per heavy atom. The zero-order chi connectivity index (χ0) is 7.23. The molecule has 1 heterocycles. The number of rotatable bonds is 3. The van der Waals surface area contributed by atoms with Crippen molar-refractivity contribution in [3.8, 4) is 0 Å². The molecule has 0 amide bonds. The molecule has 0 radical (unpaired) electrons. The van der Waals surface area contributed by atoms with Crippen molar-refractivity contribution in [2.24, 2.45) is 5.92 Å². The van der Waals surface area contributed by atoms with Gasteiger partial charge in [0.05, 0.1) is 0 Å². The van der Waals surface area contributed by atoms with Crippen LogP contribution in [0.3, 0.4) is 0 Å². The lowest BCUT2D eigenvalue weighted by atomic mass is 9.95. The fourth-order valence-corrected chi connectivity index (χ4v) is 1.86. The van der Waals surface area contributed by atoms with Gasteiger partial charge in [0.25, 0.3) is 0 Å². The Kier molecular flexibility index (Phi) is 4.39. The number of piperidine rings is 1. The first-order valence-electron chi connectivity index (χ1n) is 4.20. The molecule has 1 aliphatic heterocycles. The van der Waals surface area contributed by atoms with Gasteiger partial charge in [-0.15, -0.1) is 0 Å². The standard InChI is InChI=1S/C8H16BrN/c9-5-1-3-8-4-2-6-10-7-8/h8,10H,1-7H2/t8-/m0/s1. The molecule has 0 aromatic carbocycles. The summed E-state index contributed by atoms with van der Waals surface area (Å²) in [5.41, 5.74) is 0. The monoisotopic (exact) mass is 205 g/mol. The molecule has 1 atom stereocenters. The van der Waals surface area contributed by atoms with Crippen LogP contribution in [0.5, 0.6) is 0 Å². The van der Waals surface area contributed by atoms with E-state index in [4.69, 9.17) is 0 Å². The van der Waals surface area contributed by atoms with Gasteiger partial charge in [-0.1, -0.05) is 15.9 Å². The Labute approximate surface area is 71.7 Å². The molecule has 1 rings (SSSR count). The second kappa shape index (κ2) is 5.14. The van der Waals surface area contributed by atoms with Crippen LogP contribution < -0.4 is 5.32 Å². The Bertz CT molecular complexity index is 79.3. The van der Waals surface area contributed by atoms with Gasteiger partial charge in [0.15, 0.2) is 0 Å². The van der Waals surface area contributed by atoms with Gasteiger partial charge in [-0.2, -0.15) is 0 Å². The molecule has 1 saturated heterocycles. The molecule has 2 heteroatoms. The fourth-order valence-electron chi connectivity index (χ4n) is 1.54. The average Bonchev–Trinajstić information content (AvgIpc) is 2.03. The molecular formula is C8H16BrN. The lowest BCUT2D eigenvalue weighted by Crippen LogP contribution is -2.29. The lowest BCUT2D eigenvalue weighted by Gasteiger charge is -2.21. The Hall–Kier alpha value is 0.440. The predicted octanol–water partition coefficient (Wildman–Crippen LogP) is 2.16. The van der Waals surface area contributed by atoms with E-state index in [-0.39, 0.29) is 0 Å². The van der Waals surface area contributed by atoms with E-state index >= 15 is 0 Å². The molecule has 1 fully saturated rings. The minimum atomic E-state index is 0.964. The van der Waals surface area contributed by atoms with Crippen LogP contribution >= 0.6 is 15.9 Å². The number of hydrogen-bond donors (Lipinski definition) is 1. The maximum absolute atomic E-state index is 3.46. The van der Waals surface area contributed by atoms with Crippen LogP contribution in [0.2, 0.25) is 0 Å². The Morgan fingerprint density at radius 3 is 3.00 bits per heavy atom. The number of nitrogens with one attached hydrogen (secondary N) is 1. The molecule has 0 saturated carbocycles. The Morgan fingerprint density at radius 1 is 1.50 bits per heavy atom. The normalized spacial score (nSPS) is 26.7. The zero-order valence-electron chi connectivity index (χ0n) is 6.41. The highest BCUT2D eigenvalue weighted by atomic mass is 79.9. The number of hydrogen-bond acceptors (Lipinski definition) is 1. The third kappa shape index (κ3) is 3.02. The van der Waals surface area contributed by atoms with Crippen LogP contribution in [-0.2, 0) is 0 Å². The van der Waals surface area contributed by atoms with E-state index in [1.165, 1.54) is 44.1 Å². The van der Waals surface area contributed by atoms with E-state index in [9.17, 15) is 0 Å². The van der Waals surface area contributed by atoms with Gasteiger partial charge in [0, 0.05) is 5.33 Å². The van der Waals surface area contributed by atoms with Crippen LogP contribution in [0.15, 0.2) is 0 Å². The summed E-state index contributed by atoms with van der Waals surface area (Å²) < 4.78 is 0. The molecule has 1 N–H and O–H groups in total. The molecule has 1 nitrogen and oxygen atoms in total. The molecule has 0 unspecified atom stereocenters. The van der Waals surface area contributed by atoms with Crippen molar-refractivity contribution in [2.75, 3.05) is 18.4 Å². The third-order valence-corrected chi connectivity index (χ3v) is 2.71. The second-order valence-corrected chi connectivity index (χ2v) is 3.84. The minimum Gasteiger partial charge on any atom is -0.316 e. The van der Waals surface area contributed by atoms with E-state index in [0.717, 1.165) is 5.92 Å². The summed E-state index contributed by atoms with van der Waals surface area (Å²) in [4.78, 5) is 0. The van der Waals surface area contributed by atoms with Crippen molar-refractivity contribution in [3.05, 3.63) is 0 Å². The quantitative estimate of drug-likeness (QED) is 0.697. The van der Waals surface area contributed by atoms with Gasteiger partial charge in [-0.05, 0) is 44.7 Å². The van der Waals surface area contributed by atoms with E-state index in [1.807, 2.05) is 0 Å². The summed E-state index contributed by atoms with van der Waals surface area (Å²) >= 11 is 3.46. The highest BCUT2D eigenvalue weighted by Gasteiger charge is 2.11. The Balaban J connectivity index is 2.02. The van der Waals surface area contributed by atoms with Crippen LogP contribution in [-0.4, -0.2) is 18.4 Å². The first-order chi connectivity index (χ1) is 4.93. The first kappa shape index (κ1) is 8.54. The van der Waals surface area contributed by atoms with Crippen molar-refractivity contribution in [1.82, 2.24) is 5.32 Å². The molecule has 0 spiro atoms.